The van der Waals surface area contributed by atoms with Crippen LogP contribution in [-0.2, 0) is 16.0 Å². The first-order valence-electron chi connectivity index (χ1n) is 9.76. The van der Waals surface area contributed by atoms with E-state index in [-0.39, 0.29) is 5.97 Å². The van der Waals surface area contributed by atoms with Gasteiger partial charge >= 0.3 is 5.97 Å². The lowest BCUT2D eigenvalue weighted by Crippen LogP contribution is -2.08. The highest BCUT2D eigenvalue weighted by Crippen LogP contribution is 2.38. The first kappa shape index (κ1) is 24.9. The molecule has 0 bridgehead atoms. The number of carbonyl (C=O) groups excluding carboxylic acids is 1. The summed E-state index contributed by atoms with van der Waals surface area (Å²) >= 11 is 0. The highest BCUT2D eigenvalue weighted by atomic mass is 16.5. The molecule has 0 saturated heterocycles. The van der Waals surface area contributed by atoms with Crippen LogP contribution in [0.15, 0.2) is 48.6 Å². The maximum Gasteiger partial charge on any atom is 0.333 e. The molecule has 2 aromatic carbocycles. The largest absolute Gasteiger partial charge is 0.493 e. The fourth-order valence-electron chi connectivity index (χ4n) is 2.67. The molecular formula is C24H33NO5. The number of benzene rings is 2. The Hall–Kier alpha value is -3.15. The minimum absolute atomic E-state index is 0.305. The van der Waals surface area contributed by atoms with Crippen LogP contribution in [0.2, 0.25) is 0 Å². The maximum absolute atomic E-state index is 11.4. The van der Waals surface area contributed by atoms with E-state index in [1.807, 2.05) is 12.1 Å². The summed E-state index contributed by atoms with van der Waals surface area (Å²) in [6, 6.07) is 11.6. The van der Waals surface area contributed by atoms with Gasteiger partial charge in [0.25, 0.3) is 0 Å². The van der Waals surface area contributed by atoms with Crippen molar-refractivity contribution in [3.05, 3.63) is 59.7 Å². The molecular weight excluding hydrogens is 382 g/mol. The second-order valence-corrected chi connectivity index (χ2v) is 6.86. The third kappa shape index (κ3) is 7.35. The van der Waals surface area contributed by atoms with Gasteiger partial charge in [-0.3, -0.25) is 0 Å². The Morgan fingerprint density at radius 3 is 1.93 bits per heavy atom. The SMILES string of the molecule is C=C(Cc1ccc(C(C)C)cc1)C(=O)OCC.COc1cc(N)cc(OC)c1OC. The molecule has 2 rings (SSSR count). The minimum atomic E-state index is -0.305. The number of hydrogen-bond donors (Lipinski definition) is 1. The molecule has 2 N–H and O–H groups in total. The van der Waals surface area contributed by atoms with Crippen molar-refractivity contribution in [2.75, 3.05) is 33.7 Å². The van der Waals surface area contributed by atoms with Crippen molar-refractivity contribution in [3.8, 4) is 17.2 Å². The zero-order valence-electron chi connectivity index (χ0n) is 18.8. The zero-order valence-corrected chi connectivity index (χ0v) is 18.8. The topological polar surface area (TPSA) is 80.0 Å². The second kappa shape index (κ2) is 12.4. The molecule has 0 heterocycles. The van der Waals surface area contributed by atoms with E-state index in [4.69, 9.17) is 24.7 Å². The molecule has 6 nitrogen and oxygen atoms in total. The van der Waals surface area contributed by atoms with Crippen LogP contribution in [-0.4, -0.2) is 33.9 Å². The molecule has 2 aromatic rings. The molecule has 0 aliphatic rings. The Balaban J connectivity index is 0.000000311. The van der Waals surface area contributed by atoms with Crippen LogP contribution in [0.25, 0.3) is 0 Å². The summed E-state index contributed by atoms with van der Waals surface area (Å²) in [5.74, 6) is 1.91. The molecule has 6 heteroatoms. The van der Waals surface area contributed by atoms with Gasteiger partial charge in [-0.2, -0.15) is 0 Å². The molecule has 0 amide bonds. The standard InChI is InChI=1S/C15H20O2.C9H13NO3/c1-5-17-15(16)12(4)10-13-6-8-14(9-7-13)11(2)3;1-11-7-4-6(10)5-8(12-2)9(7)13-3/h6-9,11H,4-5,10H2,1-3H3;4-5H,10H2,1-3H3. The summed E-state index contributed by atoms with van der Waals surface area (Å²) in [7, 11) is 4.66. The van der Waals surface area contributed by atoms with E-state index < -0.39 is 0 Å². The Kier molecular flexibility index (Phi) is 10.3. The third-order valence-electron chi connectivity index (χ3n) is 4.32. The fourth-order valence-corrected chi connectivity index (χ4v) is 2.67. The first-order valence-corrected chi connectivity index (χ1v) is 9.76. The third-order valence-corrected chi connectivity index (χ3v) is 4.32. The van der Waals surface area contributed by atoms with Gasteiger partial charge in [-0.1, -0.05) is 44.7 Å². The Morgan fingerprint density at radius 2 is 1.53 bits per heavy atom. The Bertz CT molecular complexity index is 803. The summed E-state index contributed by atoms with van der Waals surface area (Å²) in [4.78, 5) is 11.4. The number of methoxy groups -OCH3 is 3. The van der Waals surface area contributed by atoms with E-state index in [0.29, 0.717) is 47.5 Å². The van der Waals surface area contributed by atoms with Crippen LogP contribution in [0.3, 0.4) is 0 Å². The molecule has 0 aliphatic carbocycles. The summed E-state index contributed by atoms with van der Waals surface area (Å²) in [6.45, 7) is 10.3. The van der Waals surface area contributed by atoms with Crippen molar-refractivity contribution in [1.82, 2.24) is 0 Å². The summed E-state index contributed by atoms with van der Waals surface area (Å²) in [5, 5.41) is 0. The van der Waals surface area contributed by atoms with Gasteiger partial charge in [0.05, 0.1) is 27.9 Å². The van der Waals surface area contributed by atoms with Crippen molar-refractivity contribution in [2.45, 2.75) is 33.1 Å². The monoisotopic (exact) mass is 415 g/mol. The smallest absolute Gasteiger partial charge is 0.333 e. The van der Waals surface area contributed by atoms with E-state index in [2.05, 4.69) is 32.6 Å². The van der Waals surface area contributed by atoms with Crippen molar-refractivity contribution < 1.29 is 23.7 Å². The predicted octanol–water partition coefficient (Wildman–Crippen LogP) is 4.77. The van der Waals surface area contributed by atoms with Gasteiger partial charge in [-0.05, 0) is 24.0 Å². The van der Waals surface area contributed by atoms with Crippen LogP contribution in [0.4, 0.5) is 5.69 Å². The molecule has 0 atom stereocenters. The van der Waals surface area contributed by atoms with Crippen molar-refractivity contribution in [2.24, 2.45) is 0 Å². The average Bonchev–Trinajstić information content (AvgIpc) is 2.73. The second-order valence-electron chi connectivity index (χ2n) is 6.86. The van der Waals surface area contributed by atoms with Crippen LogP contribution < -0.4 is 19.9 Å². The van der Waals surface area contributed by atoms with Crippen molar-refractivity contribution in [1.29, 1.82) is 0 Å². The average molecular weight is 416 g/mol. The predicted molar refractivity (Wildman–Crippen MR) is 121 cm³/mol. The lowest BCUT2D eigenvalue weighted by Gasteiger charge is -2.12. The lowest BCUT2D eigenvalue weighted by molar-refractivity contribution is -0.138. The number of rotatable bonds is 8. The minimum Gasteiger partial charge on any atom is -0.493 e. The Morgan fingerprint density at radius 1 is 1.00 bits per heavy atom. The van der Waals surface area contributed by atoms with Gasteiger partial charge in [0.2, 0.25) is 5.75 Å². The number of esters is 1. The summed E-state index contributed by atoms with van der Waals surface area (Å²) in [5.41, 5.74) is 9.09. The lowest BCUT2D eigenvalue weighted by atomic mass is 9.99. The zero-order chi connectivity index (χ0) is 22.7. The van der Waals surface area contributed by atoms with Gasteiger partial charge in [0, 0.05) is 29.8 Å². The molecule has 0 spiro atoms. The number of hydrogen-bond acceptors (Lipinski definition) is 6. The molecule has 0 radical (unpaired) electrons. The molecule has 0 aromatic heterocycles. The van der Waals surface area contributed by atoms with Crippen LogP contribution in [0.1, 0.15) is 37.8 Å². The Labute approximate surface area is 179 Å². The van der Waals surface area contributed by atoms with Crippen LogP contribution in [0, 0.1) is 0 Å². The van der Waals surface area contributed by atoms with Crippen molar-refractivity contribution in [3.63, 3.8) is 0 Å². The first-order chi connectivity index (χ1) is 14.3. The van der Waals surface area contributed by atoms with E-state index in [1.54, 1.807) is 40.4 Å². The normalized spacial score (nSPS) is 9.97. The number of carbonyl (C=O) groups is 1. The molecule has 164 valence electrons. The van der Waals surface area contributed by atoms with Gasteiger partial charge < -0.3 is 24.7 Å². The van der Waals surface area contributed by atoms with E-state index in [0.717, 1.165) is 5.56 Å². The highest BCUT2D eigenvalue weighted by molar-refractivity contribution is 5.88. The van der Waals surface area contributed by atoms with Crippen molar-refractivity contribution >= 4 is 11.7 Å². The van der Waals surface area contributed by atoms with E-state index in [1.165, 1.54) is 5.56 Å². The van der Waals surface area contributed by atoms with E-state index in [9.17, 15) is 4.79 Å². The fraction of sp³-hybridized carbons (Fsp3) is 0.375. The van der Waals surface area contributed by atoms with Crippen LogP contribution >= 0.6 is 0 Å². The molecule has 0 unspecified atom stereocenters. The molecule has 0 fully saturated rings. The molecule has 0 saturated carbocycles. The van der Waals surface area contributed by atoms with Crippen LogP contribution in [0.5, 0.6) is 17.2 Å². The number of nitrogens with two attached hydrogens (primary N) is 1. The quantitative estimate of drug-likeness (QED) is 0.380. The van der Waals surface area contributed by atoms with Gasteiger partial charge in [0.15, 0.2) is 11.5 Å². The maximum atomic E-state index is 11.4. The molecule has 0 aliphatic heterocycles. The number of anilines is 1. The number of nitrogen functional groups attached to an aromatic ring is 1. The van der Waals surface area contributed by atoms with Gasteiger partial charge in [-0.25, -0.2) is 4.79 Å². The number of ether oxygens (including phenoxy) is 4. The van der Waals surface area contributed by atoms with Gasteiger partial charge in [-0.15, -0.1) is 0 Å². The van der Waals surface area contributed by atoms with E-state index >= 15 is 0 Å². The summed E-state index contributed by atoms with van der Waals surface area (Å²) < 4.78 is 20.2. The highest BCUT2D eigenvalue weighted by Gasteiger charge is 2.11. The summed E-state index contributed by atoms with van der Waals surface area (Å²) in [6.07, 6.45) is 0.553. The molecule has 30 heavy (non-hydrogen) atoms. The van der Waals surface area contributed by atoms with Gasteiger partial charge in [0.1, 0.15) is 0 Å².